The smallest absolute Gasteiger partial charge is 0.00218 e. The maximum absolute atomic E-state index is 2.60. The van der Waals surface area contributed by atoms with Gasteiger partial charge in [-0.15, -0.1) is 0 Å². The van der Waals surface area contributed by atoms with Crippen LogP contribution in [0.1, 0.15) is 30.4 Å². The van der Waals surface area contributed by atoms with Gasteiger partial charge in [0.2, 0.25) is 0 Å². The van der Waals surface area contributed by atoms with Gasteiger partial charge in [-0.2, -0.15) is 0 Å². The van der Waals surface area contributed by atoms with Crippen molar-refractivity contribution in [2.45, 2.75) is 32.6 Å². The molecule has 0 aromatic heterocycles. The Bertz CT molecular complexity index is 283. The summed E-state index contributed by atoms with van der Waals surface area (Å²) in [4.78, 5) is 2.60. The van der Waals surface area contributed by atoms with Crippen LogP contribution in [0.15, 0.2) is 24.3 Å². The Morgan fingerprint density at radius 1 is 1.00 bits per heavy atom. The fraction of sp³-hybridized carbons (Fsp3) is 0.571. The normalized spacial score (nSPS) is 17.9. The number of aryl methyl sites for hydroxylation is 1. The first-order valence-electron chi connectivity index (χ1n) is 6.12. The Hall–Kier alpha value is -0.820. The highest BCUT2D eigenvalue weighted by molar-refractivity contribution is 5.21. The summed E-state index contributed by atoms with van der Waals surface area (Å²) in [6, 6.07) is 8.95. The molecule has 15 heavy (non-hydrogen) atoms. The number of rotatable bonds is 3. The number of likely N-dealkylation sites (tertiary alicyclic amines) is 1. The predicted octanol–water partition coefficient (Wildman–Crippen LogP) is 3.02. The summed E-state index contributed by atoms with van der Waals surface area (Å²) in [6.07, 6.45) is 5.43. The van der Waals surface area contributed by atoms with Crippen molar-refractivity contribution in [1.29, 1.82) is 0 Å². The van der Waals surface area contributed by atoms with Crippen LogP contribution in [0.3, 0.4) is 0 Å². The van der Waals surface area contributed by atoms with Crippen LogP contribution in [-0.2, 0) is 6.42 Å². The summed E-state index contributed by atoms with van der Waals surface area (Å²) >= 11 is 0. The van der Waals surface area contributed by atoms with E-state index in [1.54, 1.807) is 0 Å². The molecular weight excluding hydrogens is 182 g/mol. The molecule has 1 heterocycles. The van der Waals surface area contributed by atoms with Crippen molar-refractivity contribution in [1.82, 2.24) is 4.90 Å². The third-order valence-corrected chi connectivity index (χ3v) is 3.29. The average Bonchev–Trinajstić information content (AvgIpc) is 2.30. The van der Waals surface area contributed by atoms with Crippen LogP contribution in [0.4, 0.5) is 0 Å². The van der Waals surface area contributed by atoms with E-state index in [2.05, 4.69) is 36.1 Å². The Balaban J connectivity index is 1.79. The number of nitrogens with zero attached hydrogens (tertiary/aromatic N) is 1. The zero-order valence-electron chi connectivity index (χ0n) is 9.71. The van der Waals surface area contributed by atoms with Crippen molar-refractivity contribution in [3.8, 4) is 0 Å². The first-order chi connectivity index (χ1) is 7.34. The molecule has 0 radical (unpaired) electrons. The number of benzene rings is 1. The van der Waals surface area contributed by atoms with Gasteiger partial charge in [0, 0.05) is 6.54 Å². The average molecular weight is 203 g/mol. The minimum Gasteiger partial charge on any atom is -0.303 e. The zero-order valence-corrected chi connectivity index (χ0v) is 9.71. The molecule has 1 aromatic rings. The summed E-state index contributed by atoms with van der Waals surface area (Å²) in [5.74, 6) is 0. The van der Waals surface area contributed by atoms with Gasteiger partial charge in [0.05, 0.1) is 0 Å². The second kappa shape index (κ2) is 5.32. The summed E-state index contributed by atoms with van der Waals surface area (Å²) in [5.41, 5.74) is 2.84. The van der Waals surface area contributed by atoms with Gasteiger partial charge in [-0.1, -0.05) is 36.2 Å². The molecule has 0 amide bonds. The van der Waals surface area contributed by atoms with E-state index in [9.17, 15) is 0 Å². The molecule has 1 aromatic carbocycles. The van der Waals surface area contributed by atoms with E-state index in [1.165, 1.54) is 56.4 Å². The summed E-state index contributed by atoms with van der Waals surface area (Å²) in [7, 11) is 0. The van der Waals surface area contributed by atoms with Crippen LogP contribution in [0.25, 0.3) is 0 Å². The zero-order chi connectivity index (χ0) is 10.5. The number of hydrogen-bond donors (Lipinski definition) is 0. The molecule has 0 saturated carbocycles. The molecule has 1 aliphatic heterocycles. The molecule has 0 atom stereocenters. The van der Waals surface area contributed by atoms with Gasteiger partial charge in [0.15, 0.2) is 0 Å². The molecule has 1 heteroatoms. The summed E-state index contributed by atoms with van der Waals surface area (Å²) in [6.45, 7) is 6.01. The second-order valence-electron chi connectivity index (χ2n) is 4.64. The molecule has 1 saturated heterocycles. The van der Waals surface area contributed by atoms with Crippen molar-refractivity contribution in [2.24, 2.45) is 0 Å². The van der Waals surface area contributed by atoms with Crippen LogP contribution < -0.4 is 0 Å². The van der Waals surface area contributed by atoms with Gasteiger partial charge < -0.3 is 4.90 Å². The third kappa shape index (κ3) is 3.35. The van der Waals surface area contributed by atoms with Crippen molar-refractivity contribution in [3.63, 3.8) is 0 Å². The van der Waals surface area contributed by atoms with E-state index < -0.39 is 0 Å². The molecule has 1 nitrogen and oxygen atoms in total. The van der Waals surface area contributed by atoms with Crippen LogP contribution >= 0.6 is 0 Å². The first-order valence-corrected chi connectivity index (χ1v) is 6.12. The molecule has 0 bridgehead atoms. The SMILES string of the molecule is Cc1ccc(CCN2CCCCC2)cc1. The molecule has 1 fully saturated rings. The minimum atomic E-state index is 1.21. The molecule has 0 unspecified atom stereocenters. The minimum absolute atomic E-state index is 1.21. The van der Waals surface area contributed by atoms with Crippen molar-refractivity contribution in [3.05, 3.63) is 35.4 Å². The van der Waals surface area contributed by atoms with Crippen molar-refractivity contribution < 1.29 is 0 Å². The van der Waals surface area contributed by atoms with Gasteiger partial charge in [0.25, 0.3) is 0 Å². The molecular formula is C14H21N. The predicted molar refractivity (Wildman–Crippen MR) is 65.2 cm³/mol. The fourth-order valence-corrected chi connectivity index (χ4v) is 2.22. The van der Waals surface area contributed by atoms with E-state index in [1.807, 2.05) is 0 Å². The fourth-order valence-electron chi connectivity index (χ4n) is 2.22. The maximum Gasteiger partial charge on any atom is 0.00218 e. The summed E-state index contributed by atoms with van der Waals surface area (Å²) in [5, 5.41) is 0. The summed E-state index contributed by atoms with van der Waals surface area (Å²) < 4.78 is 0. The lowest BCUT2D eigenvalue weighted by atomic mass is 10.1. The van der Waals surface area contributed by atoms with Crippen LogP contribution in [-0.4, -0.2) is 24.5 Å². The number of hydrogen-bond acceptors (Lipinski definition) is 1. The first kappa shape index (κ1) is 10.7. The lowest BCUT2D eigenvalue weighted by Gasteiger charge is -2.26. The molecule has 0 N–H and O–H groups in total. The largest absolute Gasteiger partial charge is 0.303 e. The van der Waals surface area contributed by atoms with Crippen molar-refractivity contribution >= 4 is 0 Å². The van der Waals surface area contributed by atoms with E-state index in [0.717, 1.165) is 0 Å². The molecule has 1 aliphatic rings. The van der Waals surface area contributed by atoms with Gasteiger partial charge in [0.1, 0.15) is 0 Å². The highest BCUT2D eigenvalue weighted by Crippen LogP contribution is 2.10. The lowest BCUT2D eigenvalue weighted by Crippen LogP contribution is -2.31. The standard InChI is InChI=1S/C14H21N/c1-13-5-7-14(8-6-13)9-12-15-10-3-2-4-11-15/h5-8H,2-4,9-12H2,1H3. The van der Waals surface area contributed by atoms with Gasteiger partial charge in [-0.25, -0.2) is 0 Å². The third-order valence-electron chi connectivity index (χ3n) is 3.29. The molecule has 2 rings (SSSR count). The Morgan fingerprint density at radius 2 is 1.67 bits per heavy atom. The number of piperidine rings is 1. The highest BCUT2D eigenvalue weighted by Gasteiger charge is 2.09. The van der Waals surface area contributed by atoms with Crippen molar-refractivity contribution in [2.75, 3.05) is 19.6 Å². The topological polar surface area (TPSA) is 3.24 Å². The second-order valence-corrected chi connectivity index (χ2v) is 4.64. The molecule has 0 aliphatic carbocycles. The monoisotopic (exact) mass is 203 g/mol. The van der Waals surface area contributed by atoms with E-state index in [4.69, 9.17) is 0 Å². The molecule has 0 spiro atoms. The highest BCUT2D eigenvalue weighted by atomic mass is 15.1. The van der Waals surface area contributed by atoms with Gasteiger partial charge in [-0.05, 0) is 44.8 Å². The van der Waals surface area contributed by atoms with Gasteiger partial charge in [-0.3, -0.25) is 0 Å². The lowest BCUT2D eigenvalue weighted by molar-refractivity contribution is 0.231. The van der Waals surface area contributed by atoms with Gasteiger partial charge >= 0.3 is 0 Å². The Kier molecular flexibility index (Phi) is 3.79. The van der Waals surface area contributed by atoms with Crippen LogP contribution in [0.5, 0.6) is 0 Å². The molecule has 82 valence electrons. The van der Waals surface area contributed by atoms with E-state index in [0.29, 0.717) is 0 Å². The Labute approximate surface area is 93.1 Å². The van der Waals surface area contributed by atoms with Crippen LogP contribution in [0, 0.1) is 6.92 Å². The van der Waals surface area contributed by atoms with E-state index in [-0.39, 0.29) is 0 Å². The quantitative estimate of drug-likeness (QED) is 0.730. The van der Waals surface area contributed by atoms with Crippen LogP contribution in [0.2, 0.25) is 0 Å². The Morgan fingerprint density at radius 3 is 2.33 bits per heavy atom. The van der Waals surface area contributed by atoms with E-state index >= 15 is 0 Å². The maximum atomic E-state index is 2.60.